The summed E-state index contributed by atoms with van der Waals surface area (Å²) in [7, 11) is 0. The third kappa shape index (κ3) is 6.05. The van der Waals surface area contributed by atoms with Gasteiger partial charge in [-0.25, -0.2) is 4.79 Å². The Balaban J connectivity index is 1.39. The van der Waals surface area contributed by atoms with Crippen molar-refractivity contribution in [2.75, 3.05) is 13.1 Å². The van der Waals surface area contributed by atoms with Crippen molar-refractivity contribution in [2.24, 2.45) is 0 Å². The number of piperidine rings is 1. The number of benzene rings is 1. The van der Waals surface area contributed by atoms with Gasteiger partial charge in [0.25, 0.3) is 0 Å². The summed E-state index contributed by atoms with van der Waals surface area (Å²) < 4.78 is 5.39. The molecule has 0 bridgehead atoms. The highest BCUT2D eigenvalue weighted by Gasteiger charge is 2.27. The quantitative estimate of drug-likeness (QED) is 0.766. The SMILES string of the molecule is CC(C)(C)OC(=O)N1CCC(NC(=O)CCC(=O)c2ccc3c(c2)CCC3)CC1. The molecule has 158 valence electrons. The molecule has 1 aromatic rings. The van der Waals surface area contributed by atoms with Crippen LogP contribution in [0, 0.1) is 0 Å². The number of amides is 2. The van der Waals surface area contributed by atoms with E-state index in [1.807, 2.05) is 39.0 Å². The van der Waals surface area contributed by atoms with Crippen molar-refractivity contribution >= 4 is 17.8 Å². The summed E-state index contributed by atoms with van der Waals surface area (Å²) in [5.41, 5.74) is 2.83. The van der Waals surface area contributed by atoms with Crippen LogP contribution in [0.3, 0.4) is 0 Å². The van der Waals surface area contributed by atoms with Crippen LogP contribution >= 0.6 is 0 Å². The van der Waals surface area contributed by atoms with Crippen LogP contribution in [0.15, 0.2) is 18.2 Å². The molecule has 0 atom stereocenters. The van der Waals surface area contributed by atoms with E-state index in [9.17, 15) is 14.4 Å². The van der Waals surface area contributed by atoms with E-state index in [1.54, 1.807) is 4.90 Å². The predicted octanol–water partition coefficient (Wildman–Crippen LogP) is 3.65. The van der Waals surface area contributed by atoms with Crippen molar-refractivity contribution in [3.8, 4) is 0 Å². The molecule has 29 heavy (non-hydrogen) atoms. The fraction of sp³-hybridized carbons (Fsp3) is 0.609. The van der Waals surface area contributed by atoms with Crippen LogP contribution in [-0.2, 0) is 22.4 Å². The lowest BCUT2D eigenvalue weighted by molar-refractivity contribution is -0.122. The monoisotopic (exact) mass is 400 g/mol. The minimum Gasteiger partial charge on any atom is -0.444 e. The molecule has 1 saturated heterocycles. The topological polar surface area (TPSA) is 75.7 Å². The fourth-order valence-electron chi connectivity index (χ4n) is 3.95. The average molecular weight is 401 g/mol. The van der Waals surface area contributed by atoms with Crippen molar-refractivity contribution in [2.45, 2.75) is 77.4 Å². The van der Waals surface area contributed by atoms with Gasteiger partial charge in [0, 0.05) is 37.5 Å². The maximum Gasteiger partial charge on any atom is 0.410 e. The molecule has 0 aromatic heterocycles. The summed E-state index contributed by atoms with van der Waals surface area (Å²) in [5, 5.41) is 3.01. The number of nitrogens with zero attached hydrogens (tertiary/aromatic N) is 1. The zero-order chi connectivity index (χ0) is 21.0. The molecule has 1 N–H and O–H groups in total. The number of Topliss-reactive ketones (excluding diaryl/α,β-unsaturated/α-hetero) is 1. The number of fused-ring (bicyclic) bond motifs is 1. The van der Waals surface area contributed by atoms with E-state index in [0.29, 0.717) is 31.5 Å². The van der Waals surface area contributed by atoms with E-state index in [-0.39, 0.29) is 36.7 Å². The van der Waals surface area contributed by atoms with E-state index < -0.39 is 5.60 Å². The van der Waals surface area contributed by atoms with Crippen LogP contribution in [0.5, 0.6) is 0 Å². The normalized spacial score (nSPS) is 17.0. The lowest BCUT2D eigenvalue weighted by Crippen LogP contribution is -2.47. The van der Waals surface area contributed by atoms with Crippen molar-refractivity contribution in [3.05, 3.63) is 34.9 Å². The van der Waals surface area contributed by atoms with Gasteiger partial charge >= 0.3 is 6.09 Å². The minimum atomic E-state index is -0.506. The Morgan fingerprint density at radius 1 is 1.07 bits per heavy atom. The molecule has 0 radical (unpaired) electrons. The van der Waals surface area contributed by atoms with Gasteiger partial charge in [0.05, 0.1) is 0 Å². The van der Waals surface area contributed by atoms with Crippen molar-refractivity contribution in [3.63, 3.8) is 0 Å². The molecule has 1 aliphatic heterocycles. The van der Waals surface area contributed by atoms with Crippen molar-refractivity contribution in [1.29, 1.82) is 0 Å². The second kappa shape index (κ2) is 8.97. The molecule has 1 heterocycles. The molecule has 0 spiro atoms. The first-order valence-electron chi connectivity index (χ1n) is 10.6. The van der Waals surface area contributed by atoms with Gasteiger partial charge in [0.1, 0.15) is 5.60 Å². The van der Waals surface area contributed by atoms with Crippen molar-refractivity contribution < 1.29 is 19.1 Å². The van der Waals surface area contributed by atoms with Crippen LogP contribution in [0.1, 0.15) is 74.4 Å². The highest BCUT2D eigenvalue weighted by Crippen LogP contribution is 2.23. The van der Waals surface area contributed by atoms with Gasteiger partial charge in [-0.05, 0) is 70.1 Å². The molecule has 6 heteroatoms. The second-order valence-electron chi connectivity index (χ2n) is 9.07. The highest BCUT2D eigenvalue weighted by atomic mass is 16.6. The summed E-state index contributed by atoms with van der Waals surface area (Å²) in [4.78, 5) is 38.5. The average Bonchev–Trinajstić information content (AvgIpc) is 3.13. The summed E-state index contributed by atoms with van der Waals surface area (Å²) in [6.45, 7) is 6.67. The molecule has 2 aliphatic rings. The Bertz CT molecular complexity index is 774. The number of likely N-dealkylation sites (tertiary alicyclic amines) is 1. The van der Waals surface area contributed by atoms with E-state index >= 15 is 0 Å². The van der Waals surface area contributed by atoms with E-state index in [2.05, 4.69) is 5.32 Å². The van der Waals surface area contributed by atoms with E-state index in [1.165, 1.54) is 11.1 Å². The van der Waals surface area contributed by atoms with Crippen molar-refractivity contribution in [1.82, 2.24) is 10.2 Å². The zero-order valence-corrected chi connectivity index (χ0v) is 17.8. The zero-order valence-electron chi connectivity index (χ0n) is 17.8. The predicted molar refractivity (Wildman–Crippen MR) is 111 cm³/mol. The van der Waals surface area contributed by atoms with Gasteiger partial charge in [0.2, 0.25) is 5.91 Å². The van der Waals surface area contributed by atoms with Crippen LogP contribution < -0.4 is 5.32 Å². The number of nitrogens with one attached hydrogen (secondary N) is 1. The van der Waals surface area contributed by atoms with Gasteiger partial charge in [-0.2, -0.15) is 0 Å². The molecule has 1 aromatic carbocycles. The molecular formula is C23H32N2O4. The number of carbonyl (C=O) groups is 3. The summed E-state index contributed by atoms with van der Waals surface area (Å²) in [6.07, 6.45) is 4.80. The second-order valence-corrected chi connectivity index (χ2v) is 9.07. The maximum absolute atomic E-state index is 12.4. The van der Waals surface area contributed by atoms with E-state index in [0.717, 1.165) is 19.3 Å². The number of aryl methyl sites for hydroxylation is 2. The van der Waals surface area contributed by atoms with Crippen LogP contribution in [-0.4, -0.2) is 47.4 Å². The fourth-order valence-corrected chi connectivity index (χ4v) is 3.95. The van der Waals surface area contributed by atoms with Gasteiger partial charge in [0.15, 0.2) is 5.78 Å². The first kappa shape index (κ1) is 21.3. The first-order chi connectivity index (χ1) is 13.7. The Kier molecular flexibility index (Phi) is 6.60. The summed E-state index contributed by atoms with van der Waals surface area (Å²) in [6, 6.07) is 5.97. The number of hydrogen-bond acceptors (Lipinski definition) is 4. The molecule has 6 nitrogen and oxygen atoms in total. The molecule has 0 unspecified atom stereocenters. The Morgan fingerprint density at radius 3 is 2.45 bits per heavy atom. The van der Waals surface area contributed by atoms with Crippen LogP contribution in [0.2, 0.25) is 0 Å². The Labute approximate surface area is 173 Å². The molecule has 3 rings (SSSR count). The number of ether oxygens (including phenoxy) is 1. The Hall–Kier alpha value is -2.37. The standard InChI is InChI=1S/C23H32N2O4/c1-23(2,3)29-22(28)25-13-11-19(12-14-25)24-21(27)10-9-20(26)18-8-7-16-5-4-6-17(16)15-18/h7-8,15,19H,4-6,9-14H2,1-3H3,(H,24,27). The first-order valence-corrected chi connectivity index (χ1v) is 10.6. The Morgan fingerprint density at radius 2 is 1.76 bits per heavy atom. The minimum absolute atomic E-state index is 0.0228. The lowest BCUT2D eigenvalue weighted by atomic mass is 10.0. The number of ketones is 1. The third-order valence-corrected chi connectivity index (χ3v) is 5.51. The number of carbonyl (C=O) groups excluding carboxylic acids is 3. The summed E-state index contributed by atoms with van der Waals surface area (Å²) >= 11 is 0. The van der Waals surface area contributed by atoms with Gasteiger partial charge in [-0.15, -0.1) is 0 Å². The lowest BCUT2D eigenvalue weighted by Gasteiger charge is -2.33. The van der Waals surface area contributed by atoms with E-state index in [4.69, 9.17) is 4.74 Å². The van der Waals surface area contributed by atoms with Crippen LogP contribution in [0.25, 0.3) is 0 Å². The third-order valence-electron chi connectivity index (χ3n) is 5.51. The van der Waals surface area contributed by atoms with Gasteiger partial charge in [-0.1, -0.05) is 12.1 Å². The number of rotatable bonds is 5. The highest BCUT2D eigenvalue weighted by molar-refractivity contribution is 5.98. The summed E-state index contributed by atoms with van der Waals surface area (Å²) in [5.74, 6) is -0.0789. The van der Waals surface area contributed by atoms with Gasteiger partial charge < -0.3 is 15.0 Å². The molecular weight excluding hydrogens is 368 g/mol. The number of hydrogen-bond donors (Lipinski definition) is 1. The smallest absolute Gasteiger partial charge is 0.410 e. The van der Waals surface area contributed by atoms with Gasteiger partial charge in [-0.3, -0.25) is 9.59 Å². The largest absolute Gasteiger partial charge is 0.444 e. The maximum atomic E-state index is 12.4. The molecule has 1 fully saturated rings. The molecule has 1 aliphatic carbocycles. The molecule has 2 amide bonds. The molecule has 0 saturated carbocycles. The van der Waals surface area contributed by atoms with Crippen LogP contribution in [0.4, 0.5) is 4.79 Å².